The van der Waals surface area contributed by atoms with Gasteiger partial charge in [-0.3, -0.25) is 9.59 Å². The predicted octanol–water partition coefficient (Wildman–Crippen LogP) is 1.53. The molecule has 0 bridgehead atoms. The summed E-state index contributed by atoms with van der Waals surface area (Å²) < 4.78 is 4.59. The second kappa shape index (κ2) is 7.84. The van der Waals surface area contributed by atoms with Crippen LogP contribution in [-0.2, 0) is 20.7 Å². The van der Waals surface area contributed by atoms with Gasteiger partial charge in [-0.2, -0.15) is 0 Å². The van der Waals surface area contributed by atoms with Crippen molar-refractivity contribution in [3.63, 3.8) is 0 Å². The molecular weight excluding hydrogens is 278 g/mol. The van der Waals surface area contributed by atoms with Gasteiger partial charge in [0.05, 0.1) is 19.2 Å². The van der Waals surface area contributed by atoms with Crippen molar-refractivity contribution in [3.8, 4) is 0 Å². The van der Waals surface area contributed by atoms with E-state index in [0.717, 1.165) is 0 Å². The Kier molecular flexibility index (Phi) is 6.44. The molecular formula is C13H21N3O3S. The van der Waals surface area contributed by atoms with Crippen LogP contribution in [0.3, 0.4) is 0 Å². The van der Waals surface area contributed by atoms with Crippen LogP contribution in [0.1, 0.15) is 26.5 Å². The molecule has 1 atom stereocenters. The van der Waals surface area contributed by atoms with Crippen molar-refractivity contribution < 1.29 is 14.3 Å². The first kappa shape index (κ1) is 16.4. The van der Waals surface area contributed by atoms with Crippen molar-refractivity contribution in [1.29, 1.82) is 0 Å². The lowest BCUT2D eigenvalue weighted by atomic mass is 10.3. The van der Waals surface area contributed by atoms with Crippen molar-refractivity contribution in [1.82, 2.24) is 9.88 Å². The number of carbonyl (C=O) groups excluding carboxylic acids is 2. The van der Waals surface area contributed by atoms with E-state index >= 15 is 0 Å². The summed E-state index contributed by atoms with van der Waals surface area (Å²) in [4.78, 5) is 29.3. The lowest BCUT2D eigenvalue weighted by Gasteiger charge is -2.23. The summed E-state index contributed by atoms with van der Waals surface area (Å²) in [5.74, 6) is -0.283. The first-order valence-electron chi connectivity index (χ1n) is 6.58. The van der Waals surface area contributed by atoms with Crippen LogP contribution in [0, 0.1) is 0 Å². The number of hydrogen-bond donors (Lipinski definition) is 1. The van der Waals surface area contributed by atoms with Gasteiger partial charge >= 0.3 is 5.97 Å². The Morgan fingerprint density at radius 1 is 1.45 bits per heavy atom. The largest absolute Gasteiger partial charge is 0.469 e. The number of hydrogen-bond acceptors (Lipinski definition) is 6. The molecule has 1 amide bonds. The molecule has 1 aromatic rings. The normalized spacial score (nSPS) is 11.8. The molecule has 1 aromatic heterocycles. The molecule has 0 aliphatic carbocycles. The highest BCUT2D eigenvalue weighted by molar-refractivity contribution is 7.13. The van der Waals surface area contributed by atoms with Crippen molar-refractivity contribution in [2.45, 2.75) is 33.2 Å². The molecule has 0 aliphatic rings. The summed E-state index contributed by atoms with van der Waals surface area (Å²) in [5, 5.41) is 5.49. The van der Waals surface area contributed by atoms with Gasteiger partial charge in [0.2, 0.25) is 5.91 Å². The Morgan fingerprint density at radius 2 is 2.10 bits per heavy atom. The van der Waals surface area contributed by atoms with Crippen LogP contribution in [-0.4, -0.2) is 48.0 Å². The summed E-state index contributed by atoms with van der Waals surface area (Å²) in [6.45, 7) is 7.08. The number of nitrogens with zero attached hydrogens (tertiary/aromatic N) is 2. The maximum Gasteiger partial charge on any atom is 0.311 e. The molecule has 1 N–H and O–H groups in total. The van der Waals surface area contributed by atoms with Gasteiger partial charge in [0.25, 0.3) is 0 Å². The number of methoxy groups -OCH3 is 1. The van der Waals surface area contributed by atoms with E-state index in [4.69, 9.17) is 0 Å². The van der Waals surface area contributed by atoms with Gasteiger partial charge in [0, 0.05) is 18.5 Å². The fourth-order valence-corrected chi connectivity index (χ4v) is 2.53. The molecule has 0 saturated heterocycles. The first-order valence-corrected chi connectivity index (χ1v) is 7.46. The van der Waals surface area contributed by atoms with Crippen molar-refractivity contribution in [2.75, 3.05) is 25.5 Å². The SMILES string of the molecule is CCN(CC)C(=O)C(C)Nc1nc(CC(=O)OC)cs1. The molecule has 1 unspecified atom stereocenters. The number of anilines is 1. The number of likely N-dealkylation sites (N-methyl/N-ethyl adjacent to an activating group) is 1. The van der Waals surface area contributed by atoms with E-state index in [1.165, 1.54) is 18.4 Å². The zero-order valence-electron chi connectivity index (χ0n) is 12.3. The van der Waals surface area contributed by atoms with E-state index in [-0.39, 0.29) is 24.3 Å². The van der Waals surface area contributed by atoms with Gasteiger partial charge in [-0.05, 0) is 20.8 Å². The van der Waals surface area contributed by atoms with Crippen LogP contribution >= 0.6 is 11.3 Å². The van der Waals surface area contributed by atoms with Gasteiger partial charge in [0.1, 0.15) is 6.04 Å². The summed E-state index contributed by atoms with van der Waals surface area (Å²) in [6.07, 6.45) is 0.146. The number of carbonyl (C=O) groups is 2. The Hall–Kier alpha value is -1.63. The summed E-state index contributed by atoms with van der Waals surface area (Å²) in [5.41, 5.74) is 0.645. The van der Waals surface area contributed by atoms with E-state index < -0.39 is 0 Å². The van der Waals surface area contributed by atoms with Crippen molar-refractivity contribution >= 4 is 28.3 Å². The minimum absolute atomic E-state index is 0.0414. The maximum atomic E-state index is 12.1. The summed E-state index contributed by atoms with van der Waals surface area (Å²) in [7, 11) is 1.35. The van der Waals surface area contributed by atoms with Crippen LogP contribution in [0.4, 0.5) is 5.13 Å². The fourth-order valence-electron chi connectivity index (χ4n) is 1.73. The van der Waals surface area contributed by atoms with Crippen LogP contribution in [0.2, 0.25) is 0 Å². The molecule has 20 heavy (non-hydrogen) atoms. The van der Waals surface area contributed by atoms with E-state index in [1.807, 2.05) is 20.8 Å². The molecule has 0 aromatic carbocycles. The van der Waals surface area contributed by atoms with E-state index in [9.17, 15) is 9.59 Å². The predicted molar refractivity (Wildman–Crippen MR) is 78.8 cm³/mol. The second-order valence-corrected chi connectivity index (χ2v) is 5.13. The van der Waals surface area contributed by atoms with E-state index in [0.29, 0.717) is 23.9 Å². The Bertz CT molecular complexity index is 457. The topological polar surface area (TPSA) is 71.5 Å². The van der Waals surface area contributed by atoms with Gasteiger partial charge in [0.15, 0.2) is 5.13 Å². The highest BCUT2D eigenvalue weighted by atomic mass is 32.1. The Labute approximate surface area is 123 Å². The summed E-state index contributed by atoms with van der Waals surface area (Å²) >= 11 is 1.37. The average Bonchev–Trinajstić information content (AvgIpc) is 2.86. The molecule has 0 fully saturated rings. The monoisotopic (exact) mass is 299 g/mol. The van der Waals surface area contributed by atoms with Crippen LogP contribution in [0.25, 0.3) is 0 Å². The van der Waals surface area contributed by atoms with Gasteiger partial charge in [-0.25, -0.2) is 4.98 Å². The number of nitrogens with one attached hydrogen (secondary N) is 1. The highest BCUT2D eigenvalue weighted by Gasteiger charge is 2.19. The number of amides is 1. The molecule has 112 valence electrons. The maximum absolute atomic E-state index is 12.1. The van der Waals surface area contributed by atoms with Crippen LogP contribution in [0.15, 0.2) is 5.38 Å². The fraction of sp³-hybridized carbons (Fsp3) is 0.615. The smallest absolute Gasteiger partial charge is 0.311 e. The Balaban J connectivity index is 2.60. The zero-order chi connectivity index (χ0) is 15.1. The van der Waals surface area contributed by atoms with Crippen molar-refractivity contribution in [3.05, 3.63) is 11.1 Å². The molecule has 1 rings (SSSR count). The third kappa shape index (κ3) is 4.48. The molecule has 0 spiro atoms. The zero-order valence-corrected chi connectivity index (χ0v) is 13.1. The standard InChI is InChI=1S/C13H21N3O3S/c1-5-16(6-2)12(18)9(3)14-13-15-10(8-20-13)7-11(17)19-4/h8-9H,5-7H2,1-4H3,(H,14,15). The molecule has 0 saturated carbocycles. The average molecular weight is 299 g/mol. The highest BCUT2D eigenvalue weighted by Crippen LogP contribution is 2.17. The third-order valence-electron chi connectivity index (χ3n) is 2.89. The lowest BCUT2D eigenvalue weighted by molar-refractivity contribution is -0.139. The number of thiazole rings is 1. The van der Waals surface area contributed by atoms with E-state index in [1.54, 1.807) is 10.3 Å². The Morgan fingerprint density at radius 3 is 2.65 bits per heavy atom. The molecule has 7 heteroatoms. The minimum Gasteiger partial charge on any atom is -0.469 e. The number of rotatable bonds is 7. The minimum atomic E-state index is -0.341. The second-order valence-electron chi connectivity index (χ2n) is 4.27. The van der Waals surface area contributed by atoms with Crippen LogP contribution in [0.5, 0.6) is 0 Å². The number of aromatic nitrogens is 1. The first-order chi connectivity index (χ1) is 9.51. The van der Waals surface area contributed by atoms with Crippen molar-refractivity contribution in [2.24, 2.45) is 0 Å². The molecule has 6 nitrogen and oxygen atoms in total. The summed E-state index contributed by atoms with van der Waals surface area (Å²) in [6, 6.07) is -0.341. The number of ether oxygens (including phenoxy) is 1. The molecule has 1 heterocycles. The van der Waals surface area contributed by atoms with Gasteiger partial charge in [-0.15, -0.1) is 11.3 Å². The lowest BCUT2D eigenvalue weighted by Crippen LogP contribution is -2.41. The molecule has 0 radical (unpaired) electrons. The quantitative estimate of drug-likeness (QED) is 0.773. The van der Waals surface area contributed by atoms with E-state index in [2.05, 4.69) is 15.0 Å². The number of esters is 1. The van der Waals surface area contributed by atoms with Gasteiger partial charge in [-0.1, -0.05) is 0 Å². The van der Waals surface area contributed by atoms with Crippen LogP contribution < -0.4 is 5.32 Å². The van der Waals surface area contributed by atoms with Gasteiger partial charge < -0.3 is 15.0 Å². The third-order valence-corrected chi connectivity index (χ3v) is 3.71. The molecule has 0 aliphatic heterocycles.